The molecular weight excluding hydrogens is 421 g/mol. The zero-order chi connectivity index (χ0) is 23.9. The molecular formula is C28H29BN3O2+. The number of benzene rings is 2. The molecule has 0 amide bonds. The van der Waals surface area contributed by atoms with Gasteiger partial charge in [0.05, 0.1) is 12.8 Å². The third-order valence-electron chi connectivity index (χ3n) is 5.70. The Morgan fingerprint density at radius 2 is 1.91 bits per heavy atom. The highest BCUT2D eigenvalue weighted by atomic mass is 16.5. The van der Waals surface area contributed by atoms with E-state index in [2.05, 4.69) is 30.1 Å². The lowest BCUT2D eigenvalue weighted by Crippen LogP contribution is -2.09. The van der Waals surface area contributed by atoms with Crippen molar-refractivity contribution in [1.29, 1.82) is 0 Å². The maximum Gasteiger partial charge on any atom is 0.586 e. The van der Waals surface area contributed by atoms with Crippen molar-refractivity contribution in [3.63, 3.8) is 0 Å². The Morgan fingerprint density at radius 1 is 1.09 bits per heavy atom. The van der Waals surface area contributed by atoms with E-state index >= 15 is 0 Å². The minimum Gasteiger partial charge on any atom is -0.493 e. The number of allylic oxidation sites excluding steroid dienone is 2. The van der Waals surface area contributed by atoms with E-state index in [1.807, 2.05) is 66.9 Å². The lowest BCUT2D eigenvalue weighted by molar-refractivity contribution is -0.294. The molecule has 6 heteroatoms. The average molecular weight is 450 g/mol. The Morgan fingerprint density at radius 3 is 2.62 bits per heavy atom. The predicted molar refractivity (Wildman–Crippen MR) is 140 cm³/mol. The average Bonchev–Trinajstić information content (AvgIpc) is 3.45. The van der Waals surface area contributed by atoms with Gasteiger partial charge in [-0.1, -0.05) is 42.5 Å². The third kappa shape index (κ3) is 5.41. The van der Waals surface area contributed by atoms with E-state index in [0.717, 1.165) is 45.8 Å². The van der Waals surface area contributed by atoms with Crippen molar-refractivity contribution in [3.8, 4) is 11.5 Å². The molecule has 5 nitrogen and oxygen atoms in total. The Bertz CT molecular complexity index is 1270. The first-order chi connectivity index (χ1) is 16.6. The van der Waals surface area contributed by atoms with Crippen LogP contribution in [0, 0.1) is 6.92 Å². The molecule has 4 rings (SSSR count). The molecule has 1 aliphatic heterocycles. The smallest absolute Gasteiger partial charge is 0.493 e. The SMILES string of the molecule is [B][N+]1=CC=CC1=C(CCN)c1[nH]c(/C=C/c2ccc(OC)c(OCc3ccccc3)c2)cc1C. The van der Waals surface area contributed by atoms with E-state index in [0.29, 0.717) is 24.7 Å². The van der Waals surface area contributed by atoms with Gasteiger partial charge in [-0.2, -0.15) is 0 Å². The normalized spacial score (nSPS) is 14.5. The molecule has 3 N–H and O–H groups in total. The number of nitrogens with two attached hydrogens (primary N) is 1. The van der Waals surface area contributed by atoms with Crippen molar-refractivity contribution >= 4 is 31.9 Å². The Labute approximate surface area is 202 Å². The van der Waals surface area contributed by atoms with Gasteiger partial charge in [-0.3, -0.25) is 4.49 Å². The van der Waals surface area contributed by atoms with Crippen LogP contribution >= 0.6 is 0 Å². The fourth-order valence-corrected chi connectivity index (χ4v) is 3.99. The third-order valence-corrected chi connectivity index (χ3v) is 5.70. The first-order valence-electron chi connectivity index (χ1n) is 11.3. The van der Waals surface area contributed by atoms with Crippen LogP contribution in [0.2, 0.25) is 0 Å². The molecule has 1 aromatic heterocycles. The number of methoxy groups -OCH3 is 1. The maximum absolute atomic E-state index is 6.11. The molecule has 2 radical (unpaired) electrons. The summed E-state index contributed by atoms with van der Waals surface area (Å²) in [7, 11) is 7.75. The minimum atomic E-state index is 0.478. The van der Waals surface area contributed by atoms with Crippen molar-refractivity contribution in [1.82, 2.24) is 4.98 Å². The number of rotatable bonds is 9. The summed E-state index contributed by atoms with van der Waals surface area (Å²) in [6.07, 6.45) is 10.6. The van der Waals surface area contributed by atoms with E-state index in [-0.39, 0.29) is 0 Å². The van der Waals surface area contributed by atoms with Gasteiger partial charge < -0.3 is 20.2 Å². The number of hydrogen-bond acceptors (Lipinski definition) is 3. The van der Waals surface area contributed by atoms with Crippen molar-refractivity contribution < 1.29 is 14.0 Å². The molecule has 1 aliphatic rings. The van der Waals surface area contributed by atoms with Crippen LogP contribution < -0.4 is 15.2 Å². The molecule has 0 saturated carbocycles. The van der Waals surface area contributed by atoms with Gasteiger partial charge >= 0.3 is 7.98 Å². The van der Waals surface area contributed by atoms with E-state index in [1.165, 1.54) is 0 Å². The van der Waals surface area contributed by atoms with E-state index < -0.39 is 0 Å². The van der Waals surface area contributed by atoms with Gasteiger partial charge in [-0.25, -0.2) is 0 Å². The van der Waals surface area contributed by atoms with Crippen molar-refractivity contribution in [3.05, 3.63) is 101 Å². The van der Waals surface area contributed by atoms with E-state index in [1.54, 1.807) is 11.6 Å². The molecule has 0 unspecified atom stereocenters. The number of nitrogens with zero attached hydrogens (tertiary/aromatic N) is 1. The number of H-pyrrole nitrogens is 1. The van der Waals surface area contributed by atoms with E-state index in [9.17, 15) is 0 Å². The highest BCUT2D eigenvalue weighted by molar-refractivity contribution is 6.01. The van der Waals surface area contributed by atoms with Crippen molar-refractivity contribution in [2.75, 3.05) is 13.7 Å². The molecule has 34 heavy (non-hydrogen) atoms. The fourth-order valence-electron chi connectivity index (χ4n) is 3.99. The summed E-state index contributed by atoms with van der Waals surface area (Å²) < 4.78 is 13.2. The zero-order valence-electron chi connectivity index (χ0n) is 19.6. The second-order valence-electron chi connectivity index (χ2n) is 8.12. The quantitative estimate of drug-likeness (QED) is 0.457. The number of aromatic nitrogens is 1. The van der Waals surface area contributed by atoms with Crippen LogP contribution in [0.1, 0.15) is 34.5 Å². The first kappa shape index (κ1) is 23.4. The molecule has 3 aromatic rings. The van der Waals surface area contributed by atoms with Gasteiger partial charge in [-0.15, -0.1) is 0 Å². The lowest BCUT2D eigenvalue weighted by Gasteiger charge is -2.11. The molecule has 0 bridgehead atoms. The van der Waals surface area contributed by atoms with Crippen LogP contribution in [0.4, 0.5) is 0 Å². The molecule has 2 aromatic carbocycles. The highest BCUT2D eigenvalue weighted by Crippen LogP contribution is 2.30. The molecule has 0 saturated heterocycles. The van der Waals surface area contributed by atoms with E-state index in [4.69, 9.17) is 23.2 Å². The summed E-state index contributed by atoms with van der Waals surface area (Å²) in [5, 5.41) is 0. The lowest BCUT2D eigenvalue weighted by atomic mass is 10.0. The van der Waals surface area contributed by atoms with Gasteiger partial charge in [0.1, 0.15) is 12.8 Å². The molecule has 2 heterocycles. The summed E-state index contributed by atoms with van der Waals surface area (Å²) in [5.41, 5.74) is 13.3. The molecule has 0 aliphatic carbocycles. The van der Waals surface area contributed by atoms with Crippen molar-refractivity contribution in [2.24, 2.45) is 5.73 Å². The van der Waals surface area contributed by atoms with Gasteiger partial charge in [0.25, 0.3) is 0 Å². The summed E-state index contributed by atoms with van der Waals surface area (Å²) in [4.78, 5) is 3.53. The summed E-state index contributed by atoms with van der Waals surface area (Å²) >= 11 is 0. The Balaban J connectivity index is 1.56. The minimum absolute atomic E-state index is 0.478. The molecule has 0 fully saturated rings. The summed E-state index contributed by atoms with van der Waals surface area (Å²) in [6, 6.07) is 18.1. The highest BCUT2D eigenvalue weighted by Gasteiger charge is 2.20. The van der Waals surface area contributed by atoms with Gasteiger partial charge in [-0.05, 0) is 60.9 Å². The molecule has 0 spiro atoms. The number of aromatic amines is 1. The second kappa shape index (κ2) is 10.9. The standard InChI is InChI=1S/C28H29BN3O2/c1-20-17-23(31-28(20)24(14-15-30)25-9-6-16-32(25)29)12-10-21-11-13-26(33-2)27(18-21)34-19-22-7-4-3-5-8-22/h3-13,16-18,31H,14-15,19,30H2,1-2H3/q+1/b12-10+. The number of nitrogens with one attached hydrogen (secondary N) is 1. The Hall–Kier alpha value is -3.77. The molecule has 0 atom stereocenters. The number of ether oxygens (including phenoxy) is 2. The predicted octanol–water partition coefficient (Wildman–Crippen LogP) is 4.88. The van der Waals surface area contributed by atoms with Crippen LogP contribution in [-0.2, 0) is 6.61 Å². The second-order valence-corrected chi connectivity index (χ2v) is 8.12. The summed E-state index contributed by atoms with van der Waals surface area (Å²) in [5.74, 6) is 1.41. The largest absolute Gasteiger partial charge is 0.586 e. The Kier molecular flexibility index (Phi) is 7.50. The fraction of sp³-hybridized carbons (Fsp3) is 0.179. The van der Waals surface area contributed by atoms with Gasteiger partial charge in [0, 0.05) is 23.4 Å². The van der Waals surface area contributed by atoms with Crippen LogP contribution in [0.25, 0.3) is 17.7 Å². The number of aryl methyl sites for hydroxylation is 1. The van der Waals surface area contributed by atoms with Crippen LogP contribution in [0.5, 0.6) is 11.5 Å². The first-order valence-corrected chi connectivity index (χ1v) is 11.3. The zero-order valence-corrected chi connectivity index (χ0v) is 19.6. The topological polar surface area (TPSA) is 63.3 Å². The van der Waals surface area contributed by atoms with Crippen LogP contribution in [0.15, 0.2) is 72.4 Å². The van der Waals surface area contributed by atoms with Crippen LogP contribution in [0.3, 0.4) is 0 Å². The van der Waals surface area contributed by atoms with Crippen molar-refractivity contribution in [2.45, 2.75) is 20.0 Å². The number of hydrogen-bond donors (Lipinski definition) is 2. The monoisotopic (exact) mass is 450 g/mol. The van der Waals surface area contributed by atoms with Crippen LogP contribution in [-0.4, -0.2) is 37.3 Å². The van der Waals surface area contributed by atoms with Gasteiger partial charge in [0.15, 0.2) is 17.2 Å². The van der Waals surface area contributed by atoms with Gasteiger partial charge in [0.2, 0.25) is 0 Å². The maximum atomic E-state index is 6.11. The molecule has 170 valence electrons. The summed E-state index contributed by atoms with van der Waals surface area (Å²) in [6.45, 7) is 3.11.